The van der Waals surface area contributed by atoms with Crippen molar-refractivity contribution in [2.45, 2.75) is 0 Å². The molecule has 0 radical (unpaired) electrons. The van der Waals surface area contributed by atoms with Crippen LogP contribution < -0.4 is 0 Å². The zero-order valence-corrected chi connectivity index (χ0v) is 18.2. The highest BCUT2D eigenvalue weighted by atomic mass is 14.9. The lowest BCUT2D eigenvalue weighted by molar-refractivity contribution is 1.20. The predicted octanol–water partition coefficient (Wildman–Crippen LogP) is 6.48. The van der Waals surface area contributed by atoms with Crippen LogP contribution in [0, 0.1) is 0 Å². The van der Waals surface area contributed by atoms with Gasteiger partial charge in [0.05, 0.1) is 34.0 Å². The molecule has 6 aromatic rings. The van der Waals surface area contributed by atoms with Gasteiger partial charge in [0.15, 0.2) is 5.82 Å². The fourth-order valence-electron chi connectivity index (χ4n) is 3.97. The second-order valence-electron chi connectivity index (χ2n) is 7.84. The van der Waals surface area contributed by atoms with Crippen molar-refractivity contribution in [3.8, 4) is 45.4 Å². The second-order valence-corrected chi connectivity index (χ2v) is 7.84. The molecule has 4 aromatic heterocycles. The fraction of sp³-hybridized carbons (Fsp3) is 0. The van der Waals surface area contributed by atoms with Gasteiger partial charge in [-0.1, -0.05) is 60.7 Å². The topological polar surface area (TPSA) is 64.5 Å². The molecule has 6 rings (SSSR count). The van der Waals surface area contributed by atoms with Gasteiger partial charge in [-0.15, -0.1) is 0 Å². The second kappa shape index (κ2) is 8.64. The van der Waals surface area contributed by atoms with Crippen molar-refractivity contribution in [1.82, 2.24) is 24.9 Å². The van der Waals surface area contributed by atoms with Gasteiger partial charge in [0.25, 0.3) is 0 Å². The van der Waals surface area contributed by atoms with Crippen molar-refractivity contribution in [2.24, 2.45) is 0 Å². The maximum atomic E-state index is 5.03. The molecule has 4 heterocycles. The monoisotopic (exact) mass is 437 g/mol. The van der Waals surface area contributed by atoms with E-state index in [-0.39, 0.29) is 0 Å². The molecule has 160 valence electrons. The first-order chi connectivity index (χ1) is 16.8. The van der Waals surface area contributed by atoms with Gasteiger partial charge in [-0.3, -0.25) is 9.97 Å². The molecule has 2 aromatic carbocycles. The van der Waals surface area contributed by atoms with Crippen LogP contribution in [0.2, 0.25) is 0 Å². The molecular formula is C29H19N5. The minimum Gasteiger partial charge on any atom is -0.255 e. The minimum absolute atomic E-state index is 0.685. The van der Waals surface area contributed by atoms with Gasteiger partial charge < -0.3 is 0 Å². The summed E-state index contributed by atoms with van der Waals surface area (Å²) in [4.78, 5) is 23.8. The third-order valence-corrected chi connectivity index (χ3v) is 5.59. The third-order valence-electron chi connectivity index (χ3n) is 5.59. The zero-order chi connectivity index (χ0) is 22.7. The number of para-hydroxylation sites is 1. The standard InChI is InChI=1S/C29H19N5/c1-2-10-20(11-3-1)29-33-23-13-5-4-12-22(23)28(34-29)21-18-26(24-14-6-8-16-30-24)32-27(19-21)25-15-7-9-17-31-25/h1-19H. The van der Waals surface area contributed by atoms with Crippen LogP contribution in [0.15, 0.2) is 116 Å². The number of hydrogen-bond donors (Lipinski definition) is 0. The average Bonchev–Trinajstić information content (AvgIpc) is 2.93. The summed E-state index contributed by atoms with van der Waals surface area (Å²) in [5.41, 5.74) is 6.77. The molecular weight excluding hydrogens is 418 g/mol. The molecule has 0 saturated heterocycles. The predicted molar refractivity (Wildman–Crippen MR) is 135 cm³/mol. The van der Waals surface area contributed by atoms with E-state index in [4.69, 9.17) is 15.0 Å². The molecule has 0 bridgehead atoms. The Hall–Kier alpha value is -4.77. The Morgan fingerprint density at radius 1 is 0.441 bits per heavy atom. The summed E-state index contributed by atoms with van der Waals surface area (Å²) in [7, 11) is 0. The first-order valence-corrected chi connectivity index (χ1v) is 11.0. The number of benzene rings is 2. The van der Waals surface area contributed by atoms with Gasteiger partial charge in [0, 0.05) is 28.9 Å². The molecule has 5 heteroatoms. The SMILES string of the molecule is c1ccc(-c2nc(-c3cc(-c4ccccn4)nc(-c4ccccn4)c3)c3ccccc3n2)cc1. The Balaban J connectivity index is 1.63. The molecule has 0 unspecified atom stereocenters. The number of nitrogens with zero attached hydrogens (tertiary/aromatic N) is 5. The maximum absolute atomic E-state index is 5.03. The summed E-state index contributed by atoms with van der Waals surface area (Å²) in [5.74, 6) is 0.685. The molecule has 0 saturated carbocycles. The van der Waals surface area contributed by atoms with Crippen molar-refractivity contribution in [2.75, 3.05) is 0 Å². The fourth-order valence-corrected chi connectivity index (χ4v) is 3.97. The van der Waals surface area contributed by atoms with Crippen molar-refractivity contribution < 1.29 is 0 Å². The van der Waals surface area contributed by atoms with Crippen LogP contribution in [0.5, 0.6) is 0 Å². The summed E-state index contributed by atoms with van der Waals surface area (Å²) >= 11 is 0. The summed E-state index contributed by atoms with van der Waals surface area (Å²) in [6.07, 6.45) is 3.55. The van der Waals surface area contributed by atoms with Gasteiger partial charge in [0.1, 0.15) is 0 Å². The van der Waals surface area contributed by atoms with E-state index in [2.05, 4.69) is 16.0 Å². The first kappa shape index (κ1) is 19.9. The van der Waals surface area contributed by atoms with Gasteiger partial charge in [-0.2, -0.15) is 0 Å². The molecule has 0 aliphatic heterocycles. The maximum Gasteiger partial charge on any atom is 0.160 e. The van der Waals surface area contributed by atoms with Gasteiger partial charge in [-0.25, -0.2) is 15.0 Å². The van der Waals surface area contributed by atoms with Gasteiger partial charge in [0.2, 0.25) is 0 Å². The molecule has 0 spiro atoms. The third kappa shape index (κ3) is 3.80. The lowest BCUT2D eigenvalue weighted by Crippen LogP contribution is -1.98. The molecule has 0 atom stereocenters. The van der Waals surface area contributed by atoms with Crippen LogP contribution in [0.1, 0.15) is 0 Å². The highest BCUT2D eigenvalue weighted by Gasteiger charge is 2.15. The van der Waals surface area contributed by atoms with E-state index < -0.39 is 0 Å². The van der Waals surface area contributed by atoms with Crippen LogP contribution in [-0.2, 0) is 0 Å². The van der Waals surface area contributed by atoms with Gasteiger partial charge >= 0.3 is 0 Å². The van der Waals surface area contributed by atoms with E-state index in [1.807, 2.05) is 97.1 Å². The van der Waals surface area contributed by atoms with E-state index in [9.17, 15) is 0 Å². The molecule has 34 heavy (non-hydrogen) atoms. The van der Waals surface area contributed by atoms with E-state index in [1.165, 1.54) is 0 Å². The van der Waals surface area contributed by atoms with Crippen LogP contribution in [-0.4, -0.2) is 24.9 Å². The Kier molecular flexibility index (Phi) is 5.05. The number of pyridine rings is 3. The lowest BCUT2D eigenvalue weighted by Gasteiger charge is -2.12. The zero-order valence-electron chi connectivity index (χ0n) is 18.2. The summed E-state index contributed by atoms with van der Waals surface area (Å²) < 4.78 is 0. The molecule has 0 aliphatic carbocycles. The smallest absolute Gasteiger partial charge is 0.160 e. The Bertz CT molecular complexity index is 1530. The summed E-state index contributed by atoms with van der Waals surface area (Å²) in [6, 6.07) is 33.9. The van der Waals surface area contributed by atoms with E-state index in [1.54, 1.807) is 12.4 Å². The molecule has 0 amide bonds. The number of aromatic nitrogens is 5. The highest BCUT2D eigenvalue weighted by Crippen LogP contribution is 2.33. The number of rotatable bonds is 4. The van der Waals surface area contributed by atoms with E-state index in [0.29, 0.717) is 5.82 Å². The largest absolute Gasteiger partial charge is 0.255 e. The van der Waals surface area contributed by atoms with Crippen molar-refractivity contribution in [1.29, 1.82) is 0 Å². The van der Waals surface area contributed by atoms with Crippen LogP contribution in [0.4, 0.5) is 0 Å². The quantitative estimate of drug-likeness (QED) is 0.316. The summed E-state index contributed by atoms with van der Waals surface area (Å²) in [6.45, 7) is 0. The molecule has 5 nitrogen and oxygen atoms in total. The number of fused-ring (bicyclic) bond motifs is 1. The van der Waals surface area contributed by atoms with Crippen molar-refractivity contribution in [3.63, 3.8) is 0 Å². The van der Waals surface area contributed by atoms with Crippen LogP contribution in [0.3, 0.4) is 0 Å². The minimum atomic E-state index is 0.685. The molecule has 0 aliphatic rings. The molecule has 0 fully saturated rings. The van der Waals surface area contributed by atoms with E-state index >= 15 is 0 Å². The van der Waals surface area contributed by atoms with Gasteiger partial charge in [-0.05, 0) is 42.5 Å². The molecule has 0 N–H and O–H groups in total. The summed E-state index contributed by atoms with van der Waals surface area (Å²) in [5, 5.41) is 0.979. The van der Waals surface area contributed by atoms with Crippen molar-refractivity contribution in [3.05, 3.63) is 116 Å². The normalized spacial score (nSPS) is 10.9. The number of hydrogen-bond acceptors (Lipinski definition) is 5. The Labute approximate surface area is 196 Å². The van der Waals surface area contributed by atoms with Crippen LogP contribution in [0.25, 0.3) is 56.3 Å². The Morgan fingerprint density at radius 2 is 1.06 bits per heavy atom. The van der Waals surface area contributed by atoms with Crippen LogP contribution >= 0.6 is 0 Å². The lowest BCUT2D eigenvalue weighted by atomic mass is 10.0. The highest BCUT2D eigenvalue weighted by molar-refractivity contribution is 5.94. The Morgan fingerprint density at radius 3 is 1.71 bits per heavy atom. The van der Waals surface area contributed by atoms with E-state index in [0.717, 1.165) is 50.5 Å². The van der Waals surface area contributed by atoms with Crippen molar-refractivity contribution >= 4 is 10.9 Å². The first-order valence-electron chi connectivity index (χ1n) is 11.0. The average molecular weight is 438 g/mol.